The summed E-state index contributed by atoms with van der Waals surface area (Å²) in [6.07, 6.45) is 4.67. The Hall–Kier alpha value is -1.28. The van der Waals surface area contributed by atoms with Gasteiger partial charge in [0.2, 0.25) is 0 Å². The second-order valence-corrected chi connectivity index (χ2v) is 3.61. The van der Waals surface area contributed by atoms with Gasteiger partial charge in [0.25, 0.3) is 0 Å². The lowest BCUT2D eigenvalue weighted by molar-refractivity contribution is 0.762. The Labute approximate surface area is 88.2 Å². The minimum atomic E-state index is 0.766. The molecule has 0 N–H and O–H groups in total. The van der Waals surface area contributed by atoms with Crippen LogP contribution in [0.25, 0.3) is 0 Å². The molecule has 14 heavy (non-hydrogen) atoms. The van der Waals surface area contributed by atoms with E-state index in [0.29, 0.717) is 0 Å². The highest BCUT2D eigenvalue weighted by Crippen LogP contribution is 2.11. The Morgan fingerprint density at radius 2 is 2.07 bits per heavy atom. The zero-order chi connectivity index (χ0) is 9.97. The predicted molar refractivity (Wildman–Crippen MR) is 56.4 cm³/mol. The molecule has 71 valence electrons. The predicted octanol–water partition coefficient (Wildman–Crippen LogP) is 2.69. The highest BCUT2D eigenvalue weighted by molar-refractivity contribution is 6.30. The topological polar surface area (TPSA) is 17.8 Å². The number of halogens is 1. The zero-order valence-electron chi connectivity index (χ0n) is 7.87. The molecule has 1 aromatic carbocycles. The summed E-state index contributed by atoms with van der Waals surface area (Å²) in [5.74, 6) is 0.972. The first-order valence-corrected chi connectivity index (χ1v) is 4.78. The fourth-order valence-corrected chi connectivity index (χ4v) is 1.42. The first kappa shape index (κ1) is 9.28. The highest BCUT2D eigenvalue weighted by Gasteiger charge is 1.98. The number of benzene rings is 1. The SMILES string of the molecule is Cc1n[c]cn1Cc1ccc(Cl)cc1. The van der Waals surface area contributed by atoms with Crippen LogP contribution in [0.15, 0.2) is 30.5 Å². The molecule has 1 aromatic heterocycles. The Bertz CT molecular complexity index is 417. The lowest BCUT2D eigenvalue weighted by atomic mass is 10.2. The smallest absolute Gasteiger partial charge is 0.109 e. The third-order valence-corrected chi connectivity index (χ3v) is 2.37. The molecule has 2 rings (SSSR count). The van der Waals surface area contributed by atoms with Crippen molar-refractivity contribution in [2.45, 2.75) is 13.5 Å². The van der Waals surface area contributed by atoms with Crippen molar-refractivity contribution in [1.29, 1.82) is 0 Å². The second kappa shape index (κ2) is 3.84. The van der Waals surface area contributed by atoms with Gasteiger partial charge in [-0.3, -0.25) is 0 Å². The van der Waals surface area contributed by atoms with Crippen LogP contribution in [0.1, 0.15) is 11.4 Å². The van der Waals surface area contributed by atoms with Crippen molar-refractivity contribution in [2.75, 3.05) is 0 Å². The van der Waals surface area contributed by atoms with Gasteiger partial charge in [-0.05, 0) is 24.6 Å². The third kappa shape index (κ3) is 1.96. The maximum Gasteiger partial charge on any atom is 0.109 e. The van der Waals surface area contributed by atoms with Crippen molar-refractivity contribution < 1.29 is 0 Å². The molecular formula is C11H10ClN2. The first-order chi connectivity index (χ1) is 6.75. The summed E-state index contributed by atoms with van der Waals surface area (Å²) >= 11 is 5.80. The molecule has 0 amide bonds. The number of aromatic nitrogens is 2. The lowest BCUT2D eigenvalue weighted by Crippen LogP contribution is -2.00. The van der Waals surface area contributed by atoms with Gasteiger partial charge in [0.05, 0.1) is 0 Å². The minimum absolute atomic E-state index is 0.766. The summed E-state index contributed by atoms with van der Waals surface area (Å²) < 4.78 is 2.04. The van der Waals surface area contributed by atoms with E-state index in [1.807, 2.05) is 42.0 Å². The van der Waals surface area contributed by atoms with Crippen LogP contribution in [0.5, 0.6) is 0 Å². The van der Waals surface area contributed by atoms with Gasteiger partial charge in [0.1, 0.15) is 12.0 Å². The van der Waals surface area contributed by atoms with Crippen molar-refractivity contribution in [2.24, 2.45) is 0 Å². The van der Waals surface area contributed by atoms with E-state index >= 15 is 0 Å². The molecule has 2 nitrogen and oxygen atoms in total. The van der Waals surface area contributed by atoms with Gasteiger partial charge >= 0.3 is 0 Å². The van der Waals surface area contributed by atoms with Crippen LogP contribution in [0.4, 0.5) is 0 Å². The second-order valence-electron chi connectivity index (χ2n) is 3.17. The Kier molecular flexibility index (Phi) is 2.55. The fraction of sp³-hybridized carbons (Fsp3) is 0.182. The number of aryl methyl sites for hydroxylation is 1. The number of nitrogens with zero attached hydrogens (tertiary/aromatic N) is 2. The van der Waals surface area contributed by atoms with Gasteiger partial charge < -0.3 is 4.57 Å². The quantitative estimate of drug-likeness (QED) is 0.737. The summed E-state index contributed by atoms with van der Waals surface area (Å²) in [6.45, 7) is 2.78. The first-order valence-electron chi connectivity index (χ1n) is 4.40. The molecule has 0 spiro atoms. The van der Waals surface area contributed by atoms with Crippen LogP contribution in [-0.2, 0) is 6.54 Å². The highest BCUT2D eigenvalue weighted by atomic mass is 35.5. The monoisotopic (exact) mass is 205 g/mol. The van der Waals surface area contributed by atoms with E-state index in [1.54, 1.807) is 0 Å². The average molecular weight is 206 g/mol. The van der Waals surface area contributed by atoms with E-state index in [4.69, 9.17) is 11.6 Å². The van der Waals surface area contributed by atoms with Crippen molar-refractivity contribution in [3.05, 3.63) is 53.1 Å². The van der Waals surface area contributed by atoms with Crippen LogP contribution in [-0.4, -0.2) is 9.55 Å². The molecule has 0 saturated heterocycles. The molecular weight excluding hydrogens is 196 g/mol. The van der Waals surface area contributed by atoms with Crippen molar-refractivity contribution in [3.8, 4) is 0 Å². The van der Waals surface area contributed by atoms with Gasteiger partial charge in [-0.15, -0.1) is 0 Å². The fourth-order valence-electron chi connectivity index (χ4n) is 1.30. The average Bonchev–Trinajstić information content (AvgIpc) is 2.56. The van der Waals surface area contributed by atoms with Crippen LogP contribution in [0.2, 0.25) is 5.02 Å². The molecule has 1 radical (unpaired) electrons. The molecule has 0 aliphatic carbocycles. The molecule has 0 aliphatic heterocycles. The summed E-state index contributed by atoms with van der Waals surface area (Å²) in [5, 5.41) is 0.766. The number of imidazole rings is 1. The minimum Gasteiger partial charge on any atom is -0.330 e. The number of rotatable bonds is 2. The summed E-state index contributed by atoms with van der Waals surface area (Å²) in [4.78, 5) is 4.04. The Morgan fingerprint density at radius 1 is 1.36 bits per heavy atom. The number of hydrogen-bond donors (Lipinski definition) is 0. The van der Waals surface area contributed by atoms with Crippen LogP contribution < -0.4 is 0 Å². The van der Waals surface area contributed by atoms with E-state index in [9.17, 15) is 0 Å². The molecule has 3 heteroatoms. The maximum atomic E-state index is 5.80. The summed E-state index contributed by atoms with van der Waals surface area (Å²) in [5.41, 5.74) is 1.21. The van der Waals surface area contributed by atoms with Gasteiger partial charge in [-0.25, -0.2) is 4.98 Å². The lowest BCUT2D eigenvalue weighted by Gasteiger charge is -2.04. The molecule has 0 aliphatic rings. The third-order valence-electron chi connectivity index (χ3n) is 2.12. The molecule has 0 bridgehead atoms. The van der Waals surface area contributed by atoms with Crippen molar-refractivity contribution in [1.82, 2.24) is 9.55 Å². The molecule has 2 aromatic rings. The van der Waals surface area contributed by atoms with Gasteiger partial charge in [-0.1, -0.05) is 23.7 Å². The van der Waals surface area contributed by atoms with Gasteiger partial charge in [0.15, 0.2) is 0 Å². The molecule has 0 saturated carbocycles. The normalized spacial score (nSPS) is 10.4. The Balaban J connectivity index is 2.19. The van der Waals surface area contributed by atoms with Crippen molar-refractivity contribution in [3.63, 3.8) is 0 Å². The van der Waals surface area contributed by atoms with E-state index in [1.165, 1.54) is 5.56 Å². The van der Waals surface area contributed by atoms with Crippen LogP contribution in [0.3, 0.4) is 0 Å². The largest absolute Gasteiger partial charge is 0.330 e. The van der Waals surface area contributed by atoms with E-state index in [0.717, 1.165) is 17.4 Å². The molecule has 1 heterocycles. The summed E-state index contributed by atoms with van der Waals surface area (Å²) in [6, 6.07) is 7.82. The standard InChI is InChI=1S/C11H10ClN2/c1-9-13-6-7-14(9)8-10-2-4-11(12)5-3-10/h2-5,7H,8H2,1H3. The van der Waals surface area contributed by atoms with E-state index in [-0.39, 0.29) is 0 Å². The number of hydrogen-bond acceptors (Lipinski definition) is 1. The zero-order valence-corrected chi connectivity index (χ0v) is 8.62. The van der Waals surface area contributed by atoms with Crippen LogP contribution in [0, 0.1) is 13.1 Å². The summed E-state index contributed by atoms with van der Waals surface area (Å²) in [7, 11) is 0. The maximum absolute atomic E-state index is 5.80. The molecule has 0 atom stereocenters. The molecule has 0 unspecified atom stereocenters. The van der Waals surface area contributed by atoms with Gasteiger partial charge in [0, 0.05) is 17.8 Å². The van der Waals surface area contributed by atoms with Gasteiger partial charge in [-0.2, -0.15) is 0 Å². The molecule has 0 fully saturated rings. The Morgan fingerprint density at radius 3 is 2.64 bits per heavy atom. The van der Waals surface area contributed by atoms with E-state index < -0.39 is 0 Å². The van der Waals surface area contributed by atoms with Crippen LogP contribution >= 0.6 is 11.6 Å². The van der Waals surface area contributed by atoms with Crippen molar-refractivity contribution >= 4 is 11.6 Å². The van der Waals surface area contributed by atoms with E-state index in [2.05, 4.69) is 11.2 Å².